The molecule has 24 heavy (non-hydrogen) atoms. The molecule has 0 aliphatic carbocycles. The summed E-state index contributed by atoms with van der Waals surface area (Å²) in [5, 5.41) is 8.10. The number of thioether (sulfide) groups is 1. The molecule has 2 rings (SSSR count). The molecule has 1 unspecified atom stereocenters. The number of rotatable bonds is 4. The second kappa shape index (κ2) is 9.31. The topological polar surface area (TPSA) is 45.5 Å². The Labute approximate surface area is 168 Å². The quantitative estimate of drug-likeness (QED) is 0.422. The largest absolute Gasteiger partial charge is 0.356 e. The van der Waals surface area contributed by atoms with Gasteiger partial charge in [-0.15, -0.1) is 24.0 Å². The zero-order valence-corrected chi connectivity index (χ0v) is 18.9. The van der Waals surface area contributed by atoms with Crippen LogP contribution in [-0.4, -0.2) is 57.8 Å². The number of aryl methyl sites for hydroxylation is 2. The summed E-state index contributed by atoms with van der Waals surface area (Å²) in [5.74, 6) is 2.69. The molecule has 0 spiro atoms. The Morgan fingerprint density at radius 2 is 2.17 bits per heavy atom. The van der Waals surface area contributed by atoms with Crippen molar-refractivity contribution in [2.45, 2.75) is 45.9 Å². The van der Waals surface area contributed by atoms with Gasteiger partial charge in [-0.2, -0.15) is 16.9 Å². The van der Waals surface area contributed by atoms with Gasteiger partial charge in [0.05, 0.1) is 5.69 Å². The van der Waals surface area contributed by atoms with E-state index in [1.807, 2.05) is 25.7 Å². The lowest BCUT2D eigenvalue weighted by molar-refractivity contribution is 0.366. The third kappa shape index (κ3) is 6.13. The van der Waals surface area contributed by atoms with E-state index in [2.05, 4.69) is 58.8 Å². The van der Waals surface area contributed by atoms with Crippen molar-refractivity contribution in [3.8, 4) is 0 Å². The Balaban J connectivity index is 0.00000288. The number of halogens is 1. The Kier molecular flexibility index (Phi) is 8.38. The van der Waals surface area contributed by atoms with Gasteiger partial charge in [-0.3, -0.25) is 9.67 Å². The fourth-order valence-corrected chi connectivity index (χ4v) is 4.13. The number of aliphatic imine (C=N–C) groups is 1. The van der Waals surface area contributed by atoms with E-state index in [1.54, 1.807) is 0 Å². The highest BCUT2D eigenvalue weighted by atomic mass is 127. The lowest BCUT2D eigenvalue weighted by atomic mass is 10.1. The second-order valence-corrected chi connectivity index (χ2v) is 8.97. The van der Waals surface area contributed by atoms with Crippen molar-refractivity contribution < 1.29 is 0 Å². The molecule has 1 aliphatic rings. The molecule has 1 fully saturated rings. The predicted octanol–water partition coefficient (Wildman–Crippen LogP) is 3.16. The maximum absolute atomic E-state index is 4.55. The molecule has 1 saturated heterocycles. The molecule has 0 amide bonds. The van der Waals surface area contributed by atoms with E-state index in [1.165, 1.54) is 5.69 Å². The van der Waals surface area contributed by atoms with E-state index in [0.29, 0.717) is 10.7 Å². The van der Waals surface area contributed by atoms with Gasteiger partial charge in [0.2, 0.25) is 0 Å². The molecule has 0 saturated carbocycles. The minimum absolute atomic E-state index is 0. The van der Waals surface area contributed by atoms with Crippen LogP contribution in [0.25, 0.3) is 0 Å². The molecule has 5 nitrogen and oxygen atoms in total. The number of hydrogen-bond donors (Lipinski definition) is 1. The van der Waals surface area contributed by atoms with Crippen molar-refractivity contribution >= 4 is 41.7 Å². The van der Waals surface area contributed by atoms with Crippen LogP contribution in [0.1, 0.15) is 32.2 Å². The summed E-state index contributed by atoms with van der Waals surface area (Å²) in [6.07, 6.45) is 0. The Bertz CT molecular complexity index is 555. The van der Waals surface area contributed by atoms with Crippen LogP contribution < -0.4 is 5.32 Å². The lowest BCUT2D eigenvalue weighted by Crippen LogP contribution is -2.51. The van der Waals surface area contributed by atoms with Crippen LogP contribution in [0.15, 0.2) is 11.1 Å². The molecule has 1 aliphatic heterocycles. The van der Waals surface area contributed by atoms with Crippen molar-refractivity contribution in [2.24, 2.45) is 10.9 Å². The maximum Gasteiger partial charge on any atom is 0.193 e. The molecule has 138 valence electrons. The zero-order chi connectivity index (χ0) is 17.0. The van der Waals surface area contributed by atoms with Crippen molar-refractivity contribution in [2.75, 3.05) is 32.4 Å². The monoisotopic (exact) mass is 465 g/mol. The minimum atomic E-state index is 0. The summed E-state index contributed by atoms with van der Waals surface area (Å²) < 4.78 is 2.40. The number of guanidine groups is 1. The average molecular weight is 465 g/mol. The smallest absolute Gasteiger partial charge is 0.193 e. The first kappa shape index (κ1) is 21.6. The first-order valence-electron chi connectivity index (χ1n) is 8.41. The molecule has 1 aromatic heterocycles. The Hall–Kier alpha value is -0.440. The van der Waals surface area contributed by atoms with E-state index in [4.69, 9.17) is 0 Å². The first-order valence-corrected chi connectivity index (χ1v) is 9.40. The summed E-state index contributed by atoms with van der Waals surface area (Å²) in [7, 11) is 1.88. The molecule has 1 N–H and O–H groups in total. The van der Waals surface area contributed by atoms with Gasteiger partial charge >= 0.3 is 0 Å². The van der Waals surface area contributed by atoms with Gasteiger partial charge in [0.15, 0.2) is 5.96 Å². The number of aromatic nitrogens is 2. The van der Waals surface area contributed by atoms with Gasteiger partial charge in [-0.1, -0.05) is 6.92 Å². The number of hydrogen-bond acceptors (Lipinski definition) is 3. The highest BCUT2D eigenvalue weighted by molar-refractivity contribution is 14.0. The van der Waals surface area contributed by atoms with Gasteiger partial charge in [0.1, 0.15) is 0 Å². The fraction of sp³-hybridized carbons (Fsp3) is 0.765. The van der Waals surface area contributed by atoms with Crippen molar-refractivity contribution in [1.82, 2.24) is 20.0 Å². The summed E-state index contributed by atoms with van der Waals surface area (Å²) in [4.78, 5) is 6.86. The average Bonchev–Trinajstić information content (AvgIpc) is 2.76. The van der Waals surface area contributed by atoms with Crippen LogP contribution in [0.3, 0.4) is 0 Å². The normalized spacial score (nSPS) is 18.9. The number of nitrogens with one attached hydrogen (secondary N) is 1. The summed E-state index contributed by atoms with van der Waals surface area (Å²) in [6.45, 7) is 15.0. The van der Waals surface area contributed by atoms with Gasteiger partial charge in [-0.05, 0) is 39.7 Å². The van der Waals surface area contributed by atoms with Crippen LogP contribution in [0.2, 0.25) is 0 Å². The maximum atomic E-state index is 4.55. The number of nitrogens with zero attached hydrogens (tertiary/aromatic N) is 4. The SMILES string of the molecule is CN=C(NCC(C)Cn1nc(C)cc1C)N1CCSC(C)(C)C1.I. The highest BCUT2D eigenvalue weighted by Crippen LogP contribution is 2.29. The van der Waals surface area contributed by atoms with Crippen molar-refractivity contribution in [1.29, 1.82) is 0 Å². The van der Waals surface area contributed by atoms with Crippen LogP contribution in [0.4, 0.5) is 0 Å². The Morgan fingerprint density at radius 1 is 1.46 bits per heavy atom. The molecule has 0 aromatic carbocycles. The zero-order valence-electron chi connectivity index (χ0n) is 15.8. The van der Waals surface area contributed by atoms with Crippen LogP contribution in [0, 0.1) is 19.8 Å². The van der Waals surface area contributed by atoms with Crippen molar-refractivity contribution in [3.63, 3.8) is 0 Å². The third-order valence-corrected chi connectivity index (χ3v) is 5.43. The molecular formula is C17H32IN5S. The molecule has 0 radical (unpaired) electrons. The van der Waals surface area contributed by atoms with E-state index in [0.717, 1.165) is 43.6 Å². The summed E-state index contributed by atoms with van der Waals surface area (Å²) in [5.41, 5.74) is 2.32. The van der Waals surface area contributed by atoms with Crippen LogP contribution >= 0.6 is 35.7 Å². The second-order valence-electron chi connectivity index (χ2n) is 7.17. The molecular weight excluding hydrogens is 433 g/mol. The summed E-state index contributed by atoms with van der Waals surface area (Å²) >= 11 is 2.05. The van der Waals surface area contributed by atoms with Gasteiger partial charge in [0, 0.05) is 49.4 Å². The molecule has 2 heterocycles. The van der Waals surface area contributed by atoms with Gasteiger partial charge in [0.25, 0.3) is 0 Å². The molecule has 1 atom stereocenters. The predicted molar refractivity (Wildman–Crippen MR) is 116 cm³/mol. The molecule has 7 heteroatoms. The van der Waals surface area contributed by atoms with Crippen molar-refractivity contribution in [3.05, 3.63) is 17.5 Å². The Morgan fingerprint density at radius 3 is 2.71 bits per heavy atom. The van der Waals surface area contributed by atoms with E-state index in [-0.39, 0.29) is 24.0 Å². The first-order chi connectivity index (χ1) is 10.8. The van der Waals surface area contributed by atoms with Crippen LogP contribution in [0.5, 0.6) is 0 Å². The molecule has 1 aromatic rings. The lowest BCUT2D eigenvalue weighted by Gasteiger charge is -2.39. The standard InChI is InChI=1S/C17H31N5S.HI/c1-13(11-22-15(3)9-14(2)20-22)10-19-16(18-6)21-7-8-23-17(4,5)12-21;/h9,13H,7-8,10-12H2,1-6H3,(H,18,19);1H. The summed E-state index contributed by atoms with van der Waals surface area (Å²) in [6, 6.07) is 2.13. The van der Waals surface area contributed by atoms with E-state index < -0.39 is 0 Å². The highest BCUT2D eigenvalue weighted by Gasteiger charge is 2.28. The van der Waals surface area contributed by atoms with E-state index >= 15 is 0 Å². The minimum Gasteiger partial charge on any atom is -0.356 e. The molecule has 0 bridgehead atoms. The fourth-order valence-electron chi connectivity index (χ4n) is 3.01. The van der Waals surface area contributed by atoms with Gasteiger partial charge < -0.3 is 10.2 Å². The van der Waals surface area contributed by atoms with E-state index in [9.17, 15) is 0 Å². The van der Waals surface area contributed by atoms with Crippen LogP contribution in [-0.2, 0) is 6.54 Å². The third-order valence-electron chi connectivity index (χ3n) is 4.13. The van der Waals surface area contributed by atoms with Gasteiger partial charge in [-0.25, -0.2) is 0 Å².